The van der Waals surface area contributed by atoms with Crippen LogP contribution >= 0.6 is 0 Å². The van der Waals surface area contributed by atoms with Crippen molar-refractivity contribution in [1.82, 2.24) is 19.4 Å². The summed E-state index contributed by atoms with van der Waals surface area (Å²) in [7, 11) is 0. The summed E-state index contributed by atoms with van der Waals surface area (Å²) in [5.74, 6) is 0.519. The number of carbonyl (C=O) groups excluding carboxylic acids is 2. The SMILES string of the molecule is CCC(=O)N1CCC[C@H](c2cc3cccnc3n2CC(=O)N2C[C@@H](C)O[C@H](C)C2)C1. The number of fused-ring (bicyclic) bond motifs is 1. The number of ether oxygens (including phenoxy) is 1. The fraction of sp³-hybridized carbons (Fsp3) is 0.609. The minimum atomic E-state index is 0.0451. The van der Waals surface area contributed by atoms with Gasteiger partial charge in [-0.2, -0.15) is 0 Å². The summed E-state index contributed by atoms with van der Waals surface area (Å²) in [5, 5.41) is 1.04. The fourth-order valence-electron chi connectivity index (χ4n) is 4.90. The molecule has 4 heterocycles. The lowest BCUT2D eigenvalue weighted by Crippen LogP contribution is -2.49. The molecule has 2 aromatic rings. The van der Waals surface area contributed by atoms with Crippen molar-refractivity contribution in [3.05, 3.63) is 30.1 Å². The van der Waals surface area contributed by atoms with Gasteiger partial charge in [0.2, 0.25) is 11.8 Å². The summed E-state index contributed by atoms with van der Waals surface area (Å²) in [6.45, 7) is 8.97. The van der Waals surface area contributed by atoms with Crippen molar-refractivity contribution in [2.24, 2.45) is 0 Å². The summed E-state index contributed by atoms with van der Waals surface area (Å²) in [6.07, 6.45) is 4.40. The van der Waals surface area contributed by atoms with Gasteiger partial charge in [0.1, 0.15) is 12.2 Å². The standard InChI is InChI=1S/C23H32N4O3/c1-4-21(28)25-10-6-8-19(14-25)20-11-18-7-5-9-24-23(18)27(20)15-22(29)26-12-16(2)30-17(3)13-26/h5,7,9,11,16-17,19H,4,6,8,10,12-15H2,1-3H3/t16-,17-,19+/m1/s1. The van der Waals surface area contributed by atoms with Crippen molar-refractivity contribution < 1.29 is 14.3 Å². The highest BCUT2D eigenvalue weighted by Crippen LogP contribution is 2.31. The van der Waals surface area contributed by atoms with Gasteiger partial charge in [-0.15, -0.1) is 0 Å². The second kappa shape index (κ2) is 8.76. The molecule has 0 radical (unpaired) electrons. The maximum absolute atomic E-state index is 13.2. The van der Waals surface area contributed by atoms with Gasteiger partial charge in [-0.05, 0) is 44.9 Å². The molecule has 3 atom stereocenters. The van der Waals surface area contributed by atoms with E-state index in [9.17, 15) is 9.59 Å². The van der Waals surface area contributed by atoms with Crippen LogP contribution < -0.4 is 0 Å². The summed E-state index contributed by atoms with van der Waals surface area (Å²) < 4.78 is 7.86. The number of carbonyl (C=O) groups is 2. The van der Waals surface area contributed by atoms with Crippen LogP contribution in [0.15, 0.2) is 24.4 Å². The van der Waals surface area contributed by atoms with Crippen LogP contribution in [0.5, 0.6) is 0 Å². The first-order valence-corrected chi connectivity index (χ1v) is 11.1. The highest BCUT2D eigenvalue weighted by Gasteiger charge is 2.30. The number of amides is 2. The molecule has 7 nitrogen and oxygen atoms in total. The molecule has 0 bridgehead atoms. The number of piperidine rings is 1. The average molecular weight is 413 g/mol. The minimum absolute atomic E-state index is 0.0451. The Morgan fingerprint density at radius 2 is 1.90 bits per heavy atom. The van der Waals surface area contributed by atoms with Crippen molar-refractivity contribution in [3.8, 4) is 0 Å². The van der Waals surface area contributed by atoms with Crippen molar-refractivity contribution in [2.75, 3.05) is 26.2 Å². The van der Waals surface area contributed by atoms with Gasteiger partial charge in [0, 0.05) is 55.8 Å². The molecule has 0 aromatic carbocycles. The molecule has 4 rings (SSSR count). The molecule has 7 heteroatoms. The van der Waals surface area contributed by atoms with Crippen LogP contribution in [0.25, 0.3) is 11.0 Å². The van der Waals surface area contributed by atoms with Gasteiger partial charge in [-0.3, -0.25) is 9.59 Å². The second-order valence-electron chi connectivity index (χ2n) is 8.66. The van der Waals surface area contributed by atoms with Gasteiger partial charge in [0.15, 0.2) is 0 Å². The van der Waals surface area contributed by atoms with E-state index < -0.39 is 0 Å². The molecule has 2 saturated heterocycles. The number of hydrogen-bond donors (Lipinski definition) is 0. The first-order valence-electron chi connectivity index (χ1n) is 11.1. The summed E-state index contributed by atoms with van der Waals surface area (Å²) in [5.41, 5.74) is 1.95. The molecular weight excluding hydrogens is 380 g/mol. The van der Waals surface area contributed by atoms with Gasteiger partial charge in [-0.25, -0.2) is 4.98 Å². The lowest BCUT2D eigenvalue weighted by Gasteiger charge is -2.36. The molecule has 2 aliphatic rings. The number of aromatic nitrogens is 2. The third-order valence-corrected chi connectivity index (χ3v) is 6.25. The first kappa shape index (κ1) is 20.8. The number of rotatable bonds is 4. The Labute approximate surface area is 178 Å². The maximum Gasteiger partial charge on any atom is 0.242 e. The molecule has 2 amide bonds. The molecule has 2 fully saturated rings. The van der Waals surface area contributed by atoms with Crippen LogP contribution in [0.4, 0.5) is 0 Å². The van der Waals surface area contributed by atoms with Gasteiger partial charge < -0.3 is 19.1 Å². The first-order chi connectivity index (χ1) is 14.5. The number of hydrogen-bond acceptors (Lipinski definition) is 4. The molecule has 2 aliphatic heterocycles. The number of likely N-dealkylation sites (tertiary alicyclic amines) is 1. The summed E-state index contributed by atoms with van der Waals surface area (Å²) in [6, 6.07) is 6.13. The number of nitrogens with zero attached hydrogens (tertiary/aromatic N) is 4. The van der Waals surface area contributed by atoms with E-state index >= 15 is 0 Å². The van der Waals surface area contributed by atoms with E-state index in [0.717, 1.165) is 36.1 Å². The Bertz CT molecular complexity index is 914. The highest BCUT2D eigenvalue weighted by molar-refractivity contribution is 5.82. The van der Waals surface area contributed by atoms with Crippen LogP contribution in [0.1, 0.15) is 51.6 Å². The zero-order valence-electron chi connectivity index (χ0n) is 18.2. The molecule has 0 spiro atoms. The normalized spacial score (nSPS) is 25.0. The van der Waals surface area contributed by atoms with Crippen molar-refractivity contribution in [2.45, 2.75) is 64.7 Å². The quantitative estimate of drug-likeness (QED) is 0.774. The molecule has 30 heavy (non-hydrogen) atoms. The van der Waals surface area contributed by atoms with Gasteiger partial charge in [0.25, 0.3) is 0 Å². The van der Waals surface area contributed by atoms with Crippen molar-refractivity contribution >= 4 is 22.8 Å². The van der Waals surface area contributed by atoms with Crippen molar-refractivity contribution in [1.29, 1.82) is 0 Å². The van der Waals surface area contributed by atoms with E-state index in [1.807, 2.05) is 42.7 Å². The molecule has 0 N–H and O–H groups in total. The smallest absolute Gasteiger partial charge is 0.242 e. The lowest BCUT2D eigenvalue weighted by molar-refractivity contribution is -0.143. The average Bonchev–Trinajstić information content (AvgIpc) is 3.11. The van der Waals surface area contributed by atoms with Crippen LogP contribution in [0.2, 0.25) is 0 Å². The molecule has 0 unspecified atom stereocenters. The zero-order valence-corrected chi connectivity index (χ0v) is 18.2. The minimum Gasteiger partial charge on any atom is -0.372 e. The summed E-state index contributed by atoms with van der Waals surface area (Å²) in [4.78, 5) is 34.0. The number of pyridine rings is 1. The predicted molar refractivity (Wildman–Crippen MR) is 115 cm³/mol. The Kier molecular flexibility index (Phi) is 6.09. The van der Waals surface area contributed by atoms with Crippen LogP contribution in [-0.4, -0.2) is 69.6 Å². The maximum atomic E-state index is 13.2. The van der Waals surface area contributed by atoms with Crippen LogP contribution in [0.3, 0.4) is 0 Å². The molecule has 162 valence electrons. The van der Waals surface area contributed by atoms with E-state index in [4.69, 9.17) is 4.74 Å². The topological polar surface area (TPSA) is 67.7 Å². The van der Waals surface area contributed by atoms with E-state index in [2.05, 4.69) is 15.6 Å². The number of morpholine rings is 1. The monoisotopic (exact) mass is 412 g/mol. The van der Waals surface area contributed by atoms with Gasteiger partial charge in [-0.1, -0.05) is 6.92 Å². The fourth-order valence-corrected chi connectivity index (χ4v) is 4.90. The molecule has 0 saturated carbocycles. The van der Waals surface area contributed by atoms with Crippen LogP contribution in [0, 0.1) is 0 Å². The zero-order chi connectivity index (χ0) is 21.3. The lowest BCUT2D eigenvalue weighted by atomic mass is 9.94. The summed E-state index contributed by atoms with van der Waals surface area (Å²) >= 11 is 0. The second-order valence-corrected chi connectivity index (χ2v) is 8.66. The Hall–Kier alpha value is -2.41. The van der Waals surface area contributed by atoms with E-state index in [0.29, 0.717) is 26.1 Å². The van der Waals surface area contributed by atoms with Crippen molar-refractivity contribution in [3.63, 3.8) is 0 Å². The Balaban J connectivity index is 1.62. The van der Waals surface area contributed by atoms with Gasteiger partial charge in [0.05, 0.1) is 12.2 Å². The third kappa shape index (κ3) is 4.21. The Morgan fingerprint density at radius 1 is 1.13 bits per heavy atom. The third-order valence-electron chi connectivity index (χ3n) is 6.25. The molecule has 2 aromatic heterocycles. The van der Waals surface area contributed by atoms with Gasteiger partial charge >= 0.3 is 0 Å². The van der Waals surface area contributed by atoms with E-state index in [-0.39, 0.29) is 36.5 Å². The highest BCUT2D eigenvalue weighted by atomic mass is 16.5. The molecule has 0 aliphatic carbocycles. The Morgan fingerprint density at radius 3 is 2.63 bits per heavy atom. The molecular formula is C23H32N4O3. The largest absolute Gasteiger partial charge is 0.372 e. The predicted octanol–water partition coefficient (Wildman–Crippen LogP) is 2.79. The van der Waals surface area contributed by atoms with E-state index in [1.54, 1.807) is 6.20 Å². The van der Waals surface area contributed by atoms with Crippen LogP contribution in [-0.2, 0) is 20.9 Å². The van der Waals surface area contributed by atoms with E-state index in [1.165, 1.54) is 0 Å².